The van der Waals surface area contributed by atoms with Gasteiger partial charge in [0.25, 0.3) is 5.56 Å². The number of nitrogens with one attached hydrogen (secondary N) is 1. The molecule has 0 aliphatic carbocycles. The van der Waals surface area contributed by atoms with Crippen molar-refractivity contribution in [1.29, 1.82) is 5.26 Å². The number of pyridine rings is 1. The van der Waals surface area contributed by atoms with E-state index in [0.29, 0.717) is 38.7 Å². The first kappa shape index (κ1) is 17.0. The van der Waals surface area contributed by atoms with Gasteiger partial charge in [0.2, 0.25) is 0 Å². The van der Waals surface area contributed by atoms with Crippen molar-refractivity contribution in [2.75, 3.05) is 5.32 Å². The fraction of sp³-hybridized carbons (Fsp3) is 0.0500. The van der Waals surface area contributed by atoms with Gasteiger partial charge in [0.15, 0.2) is 5.65 Å². The Morgan fingerprint density at radius 1 is 1.30 bits per heavy atom. The molecule has 0 fully saturated rings. The van der Waals surface area contributed by atoms with Gasteiger partial charge in [-0.1, -0.05) is 23.7 Å². The van der Waals surface area contributed by atoms with Crippen LogP contribution in [0.4, 0.5) is 10.1 Å². The Morgan fingerprint density at radius 3 is 2.81 bits per heavy atom. The van der Waals surface area contributed by atoms with Gasteiger partial charge in [0.1, 0.15) is 11.9 Å². The zero-order valence-corrected chi connectivity index (χ0v) is 14.9. The number of anilines is 1. The minimum atomic E-state index is -0.527. The molecule has 0 atom stereocenters. The largest absolute Gasteiger partial charge is 0.361 e. The van der Waals surface area contributed by atoms with Crippen LogP contribution in [0.1, 0.15) is 11.1 Å². The minimum absolute atomic E-state index is 0.0266. The Balaban J connectivity index is 2.00. The highest BCUT2D eigenvalue weighted by Crippen LogP contribution is 2.20. The number of hydrogen-bond acceptors (Lipinski definition) is 4. The standard InChI is InChI=1S/C20H12ClFN4O/c1-11-13(9-23)19-25-17-4-2-3-5-18(17)26(19)20(27)14(11)10-24-12-6-7-16(22)15(21)8-12/h2-8,10,24H,1H3. The topological polar surface area (TPSA) is 70.2 Å². The van der Waals surface area contributed by atoms with Crippen LogP contribution < -0.4 is 16.1 Å². The number of aromatic nitrogens is 2. The van der Waals surface area contributed by atoms with E-state index in [-0.39, 0.29) is 10.6 Å². The molecule has 0 unspecified atom stereocenters. The number of nitriles is 1. The summed E-state index contributed by atoms with van der Waals surface area (Å²) in [5.74, 6) is -0.527. The second kappa shape index (κ2) is 6.38. The Hall–Kier alpha value is -3.43. The van der Waals surface area contributed by atoms with Crippen molar-refractivity contribution < 1.29 is 4.39 Å². The fourth-order valence-corrected chi connectivity index (χ4v) is 3.21. The molecule has 27 heavy (non-hydrogen) atoms. The van der Waals surface area contributed by atoms with Crippen molar-refractivity contribution in [2.45, 2.75) is 6.92 Å². The zero-order chi connectivity index (χ0) is 19.1. The van der Waals surface area contributed by atoms with E-state index >= 15 is 0 Å². The van der Waals surface area contributed by atoms with Crippen molar-refractivity contribution >= 4 is 40.2 Å². The lowest BCUT2D eigenvalue weighted by molar-refractivity contribution is 0.628. The molecule has 1 N–H and O–H groups in total. The van der Waals surface area contributed by atoms with Crippen molar-refractivity contribution in [3.05, 3.63) is 80.0 Å². The maximum Gasteiger partial charge on any atom is 0.265 e. The number of benzene rings is 2. The van der Waals surface area contributed by atoms with Crippen LogP contribution in [0.15, 0.2) is 47.3 Å². The predicted molar refractivity (Wildman–Crippen MR) is 103 cm³/mol. The van der Waals surface area contributed by atoms with Gasteiger partial charge in [0.05, 0.1) is 26.8 Å². The summed E-state index contributed by atoms with van der Waals surface area (Å²) in [4.78, 5) is 17.5. The first-order valence-corrected chi connectivity index (χ1v) is 8.44. The van der Waals surface area contributed by atoms with Crippen LogP contribution >= 0.6 is 11.6 Å². The van der Waals surface area contributed by atoms with Crippen molar-refractivity contribution in [3.8, 4) is 6.07 Å². The quantitative estimate of drug-likeness (QED) is 0.580. The Kier molecular flexibility index (Phi) is 4.02. The maximum atomic E-state index is 13.3. The molecule has 0 spiro atoms. The predicted octanol–water partition coefficient (Wildman–Crippen LogP) is 3.39. The fourth-order valence-electron chi connectivity index (χ4n) is 3.03. The second-order valence-corrected chi connectivity index (χ2v) is 6.41. The summed E-state index contributed by atoms with van der Waals surface area (Å²) in [6.07, 6.45) is 1.50. The second-order valence-electron chi connectivity index (χ2n) is 6.01. The summed E-state index contributed by atoms with van der Waals surface area (Å²) in [6, 6.07) is 13.5. The molecule has 4 rings (SSSR count). The summed E-state index contributed by atoms with van der Waals surface area (Å²) in [5, 5.41) is 12.9. The van der Waals surface area contributed by atoms with Crippen molar-refractivity contribution in [3.63, 3.8) is 0 Å². The number of imidazole rings is 1. The van der Waals surface area contributed by atoms with Crippen LogP contribution in [0.3, 0.4) is 0 Å². The molecule has 0 aliphatic rings. The number of fused-ring (bicyclic) bond motifs is 3. The number of rotatable bonds is 2. The average Bonchev–Trinajstić information content (AvgIpc) is 3.04. The summed E-state index contributed by atoms with van der Waals surface area (Å²) < 4.78 is 14.7. The highest BCUT2D eigenvalue weighted by molar-refractivity contribution is 6.31. The lowest BCUT2D eigenvalue weighted by Gasteiger charge is -2.05. The summed E-state index contributed by atoms with van der Waals surface area (Å²) in [5.41, 5.74) is 2.68. The average molecular weight is 379 g/mol. The normalized spacial score (nSPS) is 11.9. The van der Waals surface area contributed by atoms with Crippen LogP contribution in [0.2, 0.25) is 5.02 Å². The summed E-state index contributed by atoms with van der Waals surface area (Å²) >= 11 is 5.79. The van der Waals surface area contributed by atoms with E-state index in [4.69, 9.17) is 11.6 Å². The molecular weight excluding hydrogens is 367 g/mol. The SMILES string of the molecule is Cc1c(C#N)c2nc3ccccc3n2c(=O)c1=CNc1ccc(F)c(Cl)c1. The van der Waals surface area contributed by atoms with Crippen LogP contribution in [-0.2, 0) is 0 Å². The minimum Gasteiger partial charge on any atom is -0.361 e. The highest BCUT2D eigenvalue weighted by Gasteiger charge is 2.15. The maximum absolute atomic E-state index is 13.3. The molecule has 0 saturated heterocycles. The van der Waals surface area contributed by atoms with E-state index in [1.165, 1.54) is 28.8 Å². The third-order valence-corrected chi connectivity index (χ3v) is 4.70. The molecule has 132 valence electrons. The van der Waals surface area contributed by atoms with Gasteiger partial charge in [-0.2, -0.15) is 5.26 Å². The highest BCUT2D eigenvalue weighted by atomic mass is 35.5. The number of hydrogen-bond donors (Lipinski definition) is 1. The van der Waals surface area contributed by atoms with Gasteiger partial charge in [-0.15, -0.1) is 0 Å². The van der Waals surface area contributed by atoms with Gasteiger partial charge in [-0.05, 0) is 42.8 Å². The van der Waals surface area contributed by atoms with Crippen molar-refractivity contribution in [1.82, 2.24) is 9.38 Å². The van der Waals surface area contributed by atoms with E-state index in [2.05, 4.69) is 16.4 Å². The molecule has 2 heterocycles. The lowest BCUT2D eigenvalue weighted by Crippen LogP contribution is -2.34. The number of halogens is 2. The zero-order valence-electron chi connectivity index (χ0n) is 14.1. The first-order valence-electron chi connectivity index (χ1n) is 8.07. The van der Waals surface area contributed by atoms with E-state index in [9.17, 15) is 14.4 Å². The van der Waals surface area contributed by atoms with Gasteiger partial charge in [0, 0.05) is 11.9 Å². The molecule has 0 bridgehead atoms. The summed E-state index contributed by atoms with van der Waals surface area (Å²) in [6.45, 7) is 1.70. The summed E-state index contributed by atoms with van der Waals surface area (Å²) in [7, 11) is 0. The van der Waals surface area contributed by atoms with Crippen LogP contribution in [0.25, 0.3) is 22.9 Å². The number of para-hydroxylation sites is 2. The van der Waals surface area contributed by atoms with Crippen LogP contribution in [-0.4, -0.2) is 9.38 Å². The molecule has 0 saturated carbocycles. The molecule has 0 aliphatic heterocycles. The first-order chi connectivity index (χ1) is 13.0. The molecular formula is C20H12ClFN4O. The molecule has 2 aromatic heterocycles. The van der Waals surface area contributed by atoms with Crippen LogP contribution in [0.5, 0.6) is 0 Å². The van der Waals surface area contributed by atoms with Gasteiger partial charge in [-0.25, -0.2) is 9.37 Å². The van der Waals surface area contributed by atoms with E-state index < -0.39 is 5.82 Å². The Morgan fingerprint density at radius 2 is 2.07 bits per heavy atom. The molecule has 5 nitrogen and oxygen atoms in total. The van der Waals surface area contributed by atoms with E-state index in [1.807, 2.05) is 12.1 Å². The Bertz CT molecular complexity index is 1370. The lowest BCUT2D eigenvalue weighted by atomic mass is 10.1. The molecule has 0 amide bonds. The molecule has 4 aromatic rings. The third-order valence-electron chi connectivity index (χ3n) is 4.41. The molecule has 2 aromatic carbocycles. The van der Waals surface area contributed by atoms with Crippen molar-refractivity contribution in [2.24, 2.45) is 0 Å². The smallest absolute Gasteiger partial charge is 0.265 e. The number of nitrogens with zero attached hydrogens (tertiary/aromatic N) is 3. The monoisotopic (exact) mass is 378 g/mol. The Labute approximate surface area is 157 Å². The van der Waals surface area contributed by atoms with Gasteiger partial charge < -0.3 is 5.32 Å². The molecule has 0 radical (unpaired) electrons. The third kappa shape index (κ3) is 2.69. The van der Waals surface area contributed by atoms with Crippen LogP contribution in [0, 0.1) is 24.1 Å². The van der Waals surface area contributed by atoms with E-state index in [1.54, 1.807) is 19.1 Å². The van der Waals surface area contributed by atoms with Gasteiger partial charge in [-0.3, -0.25) is 9.20 Å². The van der Waals surface area contributed by atoms with Gasteiger partial charge >= 0.3 is 0 Å². The molecule has 7 heteroatoms. The van der Waals surface area contributed by atoms with E-state index in [0.717, 1.165) is 0 Å².